The number of nitro groups is 1. The molecule has 1 N–H and O–H groups in total. The molecule has 2 fully saturated rings. The van der Waals surface area contributed by atoms with E-state index < -0.39 is 4.92 Å². The molecule has 114 valence electrons. The first-order chi connectivity index (χ1) is 10.1. The molecular formula is C14H20N4O3. The van der Waals surface area contributed by atoms with E-state index in [9.17, 15) is 14.9 Å². The molecule has 2 aliphatic heterocycles. The molecule has 7 nitrogen and oxygen atoms in total. The number of piperidine rings is 1. The largest absolute Gasteiger partial charge is 0.337 e. The number of likely N-dealkylation sites (tertiary alicyclic amines) is 1. The Bertz CT molecular complexity index is 569. The van der Waals surface area contributed by atoms with Gasteiger partial charge in [-0.15, -0.1) is 0 Å². The first kappa shape index (κ1) is 14.1. The quantitative estimate of drug-likeness (QED) is 0.671. The fourth-order valence-corrected chi connectivity index (χ4v) is 3.50. The Morgan fingerprint density at radius 3 is 3.05 bits per heavy atom. The number of rotatable bonds is 3. The molecule has 0 radical (unpaired) electrons. The van der Waals surface area contributed by atoms with Gasteiger partial charge in [-0.2, -0.15) is 0 Å². The highest BCUT2D eigenvalue weighted by molar-refractivity contribution is 5.94. The first-order valence-electron chi connectivity index (χ1n) is 7.48. The molecular weight excluding hydrogens is 272 g/mol. The molecule has 3 heterocycles. The van der Waals surface area contributed by atoms with E-state index in [1.807, 2.05) is 11.8 Å². The summed E-state index contributed by atoms with van der Waals surface area (Å²) in [5.74, 6) is 0.436. The number of hydrogen-bond donors (Lipinski definition) is 1. The Morgan fingerprint density at radius 2 is 2.33 bits per heavy atom. The maximum Gasteiger partial charge on any atom is 0.287 e. The van der Waals surface area contributed by atoms with Gasteiger partial charge >= 0.3 is 0 Å². The van der Waals surface area contributed by atoms with E-state index in [0.29, 0.717) is 18.2 Å². The molecule has 2 saturated heterocycles. The molecule has 0 bridgehead atoms. The fourth-order valence-electron chi connectivity index (χ4n) is 3.50. The van der Waals surface area contributed by atoms with Gasteiger partial charge in [0.15, 0.2) is 0 Å². The van der Waals surface area contributed by atoms with Crippen molar-refractivity contribution in [1.29, 1.82) is 0 Å². The number of aryl methyl sites for hydroxylation is 1. The van der Waals surface area contributed by atoms with Crippen molar-refractivity contribution in [3.8, 4) is 0 Å². The van der Waals surface area contributed by atoms with Gasteiger partial charge in [0.2, 0.25) is 0 Å². The third-order valence-electron chi connectivity index (χ3n) is 4.59. The number of aromatic nitrogens is 1. The third kappa shape index (κ3) is 2.42. The molecule has 2 aliphatic rings. The van der Waals surface area contributed by atoms with Crippen LogP contribution in [0.5, 0.6) is 0 Å². The highest BCUT2D eigenvalue weighted by Gasteiger charge is 2.38. The zero-order chi connectivity index (χ0) is 15.0. The summed E-state index contributed by atoms with van der Waals surface area (Å²) >= 11 is 0. The summed E-state index contributed by atoms with van der Waals surface area (Å²) in [4.78, 5) is 25.2. The van der Waals surface area contributed by atoms with Crippen molar-refractivity contribution < 1.29 is 9.72 Å². The smallest absolute Gasteiger partial charge is 0.287 e. The van der Waals surface area contributed by atoms with Gasteiger partial charge in [-0.3, -0.25) is 14.9 Å². The van der Waals surface area contributed by atoms with E-state index >= 15 is 0 Å². The summed E-state index contributed by atoms with van der Waals surface area (Å²) in [5.41, 5.74) is 0.412. The lowest BCUT2D eigenvalue weighted by Gasteiger charge is -2.37. The monoisotopic (exact) mass is 292 g/mol. The van der Waals surface area contributed by atoms with Crippen LogP contribution in [0.25, 0.3) is 0 Å². The van der Waals surface area contributed by atoms with Gasteiger partial charge in [0.1, 0.15) is 5.69 Å². The Labute approximate surface area is 123 Å². The number of carbonyl (C=O) groups excluding carboxylic acids is 1. The first-order valence-corrected chi connectivity index (χ1v) is 7.48. The van der Waals surface area contributed by atoms with Crippen molar-refractivity contribution in [2.24, 2.45) is 5.92 Å². The van der Waals surface area contributed by atoms with Crippen LogP contribution in [0.3, 0.4) is 0 Å². The second-order valence-electron chi connectivity index (χ2n) is 5.75. The normalized spacial score (nSPS) is 24.9. The maximum absolute atomic E-state index is 12.8. The third-order valence-corrected chi connectivity index (χ3v) is 4.59. The van der Waals surface area contributed by atoms with Gasteiger partial charge in [-0.25, -0.2) is 0 Å². The van der Waals surface area contributed by atoms with Crippen LogP contribution in [0.4, 0.5) is 5.69 Å². The van der Waals surface area contributed by atoms with Crippen LogP contribution in [-0.2, 0) is 6.54 Å². The summed E-state index contributed by atoms with van der Waals surface area (Å²) in [6, 6.07) is 1.63. The van der Waals surface area contributed by atoms with E-state index in [2.05, 4.69) is 5.32 Å². The van der Waals surface area contributed by atoms with Crippen molar-refractivity contribution in [3.05, 3.63) is 28.1 Å². The van der Waals surface area contributed by atoms with E-state index in [-0.39, 0.29) is 17.6 Å². The van der Waals surface area contributed by atoms with E-state index in [4.69, 9.17) is 0 Å². The number of nitrogens with zero attached hydrogens (tertiary/aromatic N) is 3. The minimum atomic E-state index is -0.445. The minimum Gasteiger partial charge on any atom is -0.337 e. The van der Waals surface area contributed by atoms with Crippen LogP contribution in [0.15, 0.2) is 12.3 Å². The lowest BCUT2D eigenvalue weighted by Crippen LogP contribution is -2.48. The highest BCUT2D eigenvalue weighted by atomic mass is 16.6. The zero-order valence-electron chi connectivity index (χ0n) is 12.1. The lowest BCUT2D eigenvalue weighted by atomic mass is 9.92. The number of fused-ring (bicyclic) bond motifs is 1. The van der Waals surface area contributed by atoms with E-state index in [1.54, 1.807) is 4.57 Å². The van der Waals surface area contributed by atoms with Gasteiger partial charge in [-0.1, -0.05) is 0 Å². The summed E-state index contributed by atoms with van der Waals surface area (Å²) in [7, 11) is 0. The Balaban J connectivity index is 1.89. The molecule has 1 aromatic rings. The molecule has 0 spiro atoms. The maximum atomic E-state index is 12.8. The molecule has 0 aromatic carbocycles. The second kappa shape index (κ2) is 5.48. The number of hydrogen-bond acceptors (Lipinski definition) is 4. The molecule has 7 heteroatoms. The number of carbonyl (C=O) groups is 1. The predicted molar refractivity (Wildman–Crippen MR) is 77.2 cm³/mol. The summed E-state index contributed by atoms with van der Waals surface area (Å²) in [6.45, 7) is 4.96. The average molecular weight is 292 g/mol. The minimum absolute atomic E-state index is 0.0155. The van der Waals surface area contributed by atoms with Crippen molar-refractivity contribution in [2.45, 2.75) is 32.4 Å². The molecule has 1 amide bonds. The summed E-state index contributed by atoms with van der Waals surface area (Å²) in [5, 5.41) is 14.3. The Kier molecular flexibility index (Phi) is 3.67. The van der Waals surface area contributed by atoms with E-state index in [0.717, 1.165) is 32.5 Å². The van der Waals surface area contributed by atoms with Crippen molar-refractivity contribution >= 4 is 11.6 Å². The molecule has 3 rings (SSSR count). The van der Waals surface area contributed by atoms with Crippen LogP contribution in [0.2, 0.25) is 0 Å². The van der Waals surface area contributed by atoms with Gasteiger partial charge in [0.25, 0.3) is 11.6 Å². The van der Waals surface area contributed by atoms with Gasteiger partial charge in [-0.05, 0) is 25.7 Å². The standard InChI is InChI=1S/C14H20N4O3/c1-2-16-9-11(18(20)21)6-12(16)14(19)17-5-3-4-10-7-15-8-13(10)17/h6,9-10,13,15H,2-5,7-8H2,1H3. The van der Waals surface area contributed by atoms with Crippen LogP contribution >= 0.6 is 0 Å². The topological polar surface area (TPSA) is 80.4 Å². The highest BCUT2D eigenvalue weighted by Crippen LogP contribution is 2.28. The predicted octanol–water partition coefficient (Wildman–Crippen LogP) is 1.24. The summed E-state index contributed by atoms with van der Waals surface area (Å²) < 4.78 is 1.67. The van der Waals surface area contributed by atoms with Crippen molar-refractivity contribution in [1.82, 2.24) is 14.8 Å². The van der Waals surface area contributed by atoms with Crippen LogP contribution < -0.4 is 5.32 Å². The van der Waals surface area contributed by atoms with Crippen molar-refractivity contribution in [2.75, 3.05) is 19.6 Å². The van der Waals surface area contributed by atoms with Crippen LogP contribution in [0, 0.1) is 16.0 Å². The number of nitrogens with one attached hydrogen (secondary N) is 1. The Morgan fingerprint density at radius 1 is 1.52 bits per heavy atom. The molecule has 1 aromatic heterocycles. The molecule has 2 unspecified atom stereocenters. The molecule has 0 saturated carbocycles. The van der Waals surface area contributed by atoms with Gasteiger partial charge in [0, 0.05) is 38.3 Å². The SMILES string of the molecule is CCn1cc([N+](=O)[O-])cc1C(=O)N1CCCC2CNCC21. The average Bonchev–Trinajstić information content (AvgIpc) is 3.12. The number of amides is 1. The fraction of sp³-hybridized carbons (Fsp3) is 0.643. The lowest BCUT2D eigenvalue weighted by molar-refractivity contribution is -0.384. The van der Waals surface area contributed by atoms with Crippen molar-refractivity contribution in [3.63, 3.8) is 0 Å². The molecule has 2 atom stereocenters. The van der Waals surface area contributed by atoms with Gasteiger partial charge in [0.05, 0.1) is 11.1 Å². The van der Waals surface area contributed by atoms with Crippen LogP contribution in [0.1, 0.15) is 30.3 Å². The van der Waals surface area contributed by atoms with E-state index in [1.165, 1.54) is 12.3 Å². The van der Waals surface area contributed by atoms with Crippen LogP contribution in [-0.4, -0.2) is 46.0 Å². The Hall–Kier alpha value is -1.89. The summed E-state index contributed by atoms with van der Waals surface area (Å²) in [6.07, 6.45) is 3.60. The molecule has 21 heavy (non-hydrogen) atoms. The zero-order valence-corrected chi connectivity index (χ0v) is 12.1. The second-order valence-corrected chi connectivity index (χ2v) is 5.75. The molecule has 0 aliphatic carbocycles. The van der Waals surface area contributed by atoms with Gasteiger partial charge < -0.3 is 14.8 Å².